The van der Waals surface area contributed by atoms with Crippen LogP contribution < -0.4 is 29.1 Å². The van der Waals surface area contributed by atoms with Gasteiger partial charge >= 0.3 is 0 Å². The van der Waals surface area contributed by atoms with Crippen molar-refractivity contribution in [1.29, 1.82) is 0 Å². The summed E-state index contributed by atoms with van der Waals surface area (Å²) in [5.41, 5.74) is 6.15. The van der Waals surface area contributed by atoms with E-state index in [9.17, 15) is 4.79 Å². The van der Waals surface area contributed by atoms with Crippen molar-refractivity contribution in [2.45, 2.75) is 18.9 Å². The molecule has 0 saturated heterocycles. The molecule has 0 radical (unpaired) electrons. The highest BCUT2D eigenvalue weighted by atomic mass is 79.9. The number of nitrogens with zero attached hydrogens (tertiary/aromatic N) is 2. The molecule has 4 aromatic rings. The van der Waals surface area contributed by atoms with Crippen LogP contribution in [0.1, 0.15) is 34.7 Å². The first-order valence-electron chi connectivity index (χ1n) is 12.2. The topological polar surface area (TPSA) is 62.0 Å². The fraction of sp³-hybridized carbons (Fsp3) is 0.200. The fourth-order valence-corrected chi connectivity index (χ4v) is 6.91. The van der Waals surface area contributed by atoms with Crippen LogP contribution in [0.15, 0.2) is 80.5 Å². The van der Waals surface area contributed by atoms with E-state index in [-0.39, 0.29) is 11.6 Å². The van der Waals surface area contributed by atoms with Gasteiger partial charge in [0.15, 0.2) is 16.3 Å². The molecule has 192 valence electrons. The first kappa shape index (κ1) is 24.7. The number of rotatable bonds is 5. The van der Waals surface area contributed by atoms with Gasteiger partial charge in [0.2, 0.25) is 0 Å². The third-order valence-electron chi connectivity index (χ3n) is 7.07. The predicted molar refractivity (Wildman–Crippen MR) is 153 cm³/mol. The molecule has 1 atom stereocenters. The molecule has 0 N–H and O–H groups in total. The van der Waals surface area contributed by atoms with Crippen molar-refractivity contribution in [1.82, 2.24) is 4.57 Å². The molecule has 2 aliphatic rings. The Morgan fingerprint density at radius 2 is 1.79 bits per heavy atom. The Kier molecular flexibility index (Phi) is 6.45. The summed E-state index contributed by atoms with van der Waals surface area (Å²) in [5, 5.41) is 0. The molecule has 6 nitrogen and oxygen atoms in total. The second-order valence-corrected chi connectivity index (χ2v) is 11.0. The summed E-state index contributed by atoms with van der Waals surface area (Å²) in [6, 6.07) is 19.6. The molecule has 0 bridgehead atoms. The second kappa shape index (κ2) is 9.93. The zero-order chi connectivity index (χ0) is 26.4. The van der Waals surface area contributed by atoms with E-state index in [4.69, 9.17) is 19.2 Å². The monoisotopic (exact) mass is 588 g/mol. The zero-order valence-corrected chi connectivity index (χ0v) is 23.6. The van der Waals surface area contributed by atoms with Gasteiger partial charge in [-0.25, -0.2) is 4.99 Å². The zero-order valence-electron chi connectivity index (χ0n) is 21.2. The lowest BCUT2D eigenvalue weighted by Gasteiger charge is -2.31. The molecule has 2 heterocycles. The Hall–Kier alpha value is -3.62. The highest BCUT2D eigenvalue weighted by Crippen LogP contribution is 2.45. The molecule has 1 aromatic heterocycles. The van der Waals surface area contributed by atoms with Gasteiger partial charge in [0.05, 0.1) is 42.1 Å². The predicted octanol–water partition coefficient (Wildman–Crippen LogP) is 5.11. The molecule has 6 rings (SSSR count). The number of aromatic nitrogens is 1. The Labute approximate surface area is 232 Å². The van der Waals surface area contributed by atoms with Gasteiger partial charge in [-0.15, -0.1) is 0 Å². The van der Waals surface area contributed by atoms with Crippen LogP contribution in [0.25, 0.3) is 11.8 Å². The minimum absolute atomic E-state index is 0.0824. The second-order valence-electron chi connectivity index (χ2n) is 9.09. The van der Waals surface area contributed by atoms with Crippen molar-refractivity contribution in [2.75, 3.05) is 21.3 Å². The lowest BCUT2D eigenvalue weighted by atomic mass is 9.83. The number of fused-ring (bicyclic) bond motifs is 3. The third kappa shape index (κ3) is 3.99. The van der Waals surface area contributed by atoms with E-state index in [0.717, 1.165) is 51.0 Å². The Morgan fingerprint density at radius 3 is 2.55 bits per heavy atom. The minimum atomic E-state index is -0.357. The summed E-state index contributed by atoms with van der Waals surface area (Å²) >= 11 is 4.95. The number of benzene rings is 3. The molecule has 0 fully saturated rings. The third-order valence-corrected chi connectivity index (χ3v) is 8.68. The Bertz CT molecular complexity index is 1790. The average Bonchev–Trinajstić information content (AvgIpc) is 3.25. The number of aryl methyl sites for hydroxylation is 1. The SMILES string of the molecule is COc1ccc(C=c2sc3n(c2=O)C(c2cccc(OC)c2OC)C2=C(N=3)c3ccccc3CC2)cc1Br. The molecule has 38 heavy (non-hydrogen) atoms. The van der Waals surface area contributed by atoms with Gasteiger partial charge in [-0.3, -0.25) is 9.36 Å². The lowest BCUT2D eigenvalue weighted by molar-refractivity contribution is 0.348. The molecule has 1 aliphatic carbocycles. The van der Waals surface area contributed by atoms with Crippen LogP contribution in [0.5, 0.6) is 17.2 Å². The quantitative estimate of drug-likeness (QED) is 0.325. The van der Waals surface area contributed by atoms with Crippen LogP contribution in [0.3, 0.4) is 0 Å². The number of para-hydroxylation sites is 1. The van der Waals surface area contributed by atoms with Crippen LogP contribution in [0.4, 0.5) is 0 Å². The van der Waals surface area contributed by atoms with E-state index in [1.165, 1.54) is 16.9 Å². The van der Waals surface area contributed by atoms with Crippen LogP contribution in [0.2, 0.25) is 0 Å². The molecule has 0 spiro atoms. The van der Waals surface area contributed by atoms with Gasteiger partial charge in [0, 0.05) is 11.1 Å². The number of allylic oxidation sites excluding steroid dienone is 1. The summed E-state index contributed by atoms with van der Waals surface area (Å²) in [6.45, 7) is 0. The summed E-state index contributed by atoms with van der Waals surface area (Å²) in [5.74, 6) is 1.99. The fourth-order valence-electron chi connectivity index (χ4n) is 5.35. The van der Waals surface area contributed by atoms with Crippen molar-refractivity contribution in [3.8, 4) is 17.2 Å². The van der Waals surface area contributed by atoms with Crippen molar-refractivity contribution >= 4 is 39.0 Å². The number of methoxy groups -OCH3 is 3. The van der Waals surface area contributed by atoms with Crippen molar-refractivity contribution < 1.29 is 14.2 Å². The maximum Gasteiger partial charge on any atom is 0.271 e. The number of hydrogen-bond donors (Lipinski definition) is 0. The summed E-state index contributed by atoms with van der Waals surface area (Å²) in [4.78, 5) is 19.8. The molecular weight excluding hydrogens is 564 g/mol. The summed E-state index contributed by atoms with van der Waals surface area (Å²) in [6.07, 6.45) is 3.60. The van der Waals surface area contributed by atoms with Crippen LogP contribution in [0, 0.1) is 0 Å². The number of halogens is 1. The minimum Gasteiger partial charge on any atom is -0.496 e. The van der Waals surface area contributed by atoms with Crippen molar-refractivity contribution in [2.24, 2.45) is 4.99 Å². The van der Waals surface area contributed by atoms with Crippen LogP contribution in [-0.2, 0) is 6.42 Å². The number of hydrogen-bond acceptors (Lipinski definition) is 6. The summed E-state index contributed by atoms with van der Waals surface area (Å²) < 4.78 is 20.1. The normalized spacial score (nSPS) is 16.3. The molecule has 8 heteroatoms. The smallest absolute Gasteiger partial charge is 0.271 e. The van der Waals surface area contributed by atoms with Crippen LogP contribution in [-0.4, -0.2) is 25.9 Å². The lowest BCUT2D eigenvalue weighted by Crippen LogP contribution is -2.39. The molecular formula is C30H25BrN2O4S. The highest BCUT2D eigenvalue weighted by Gasteiger charge is 2.34. The van der Waals surface area contributed by atoms with Crippen molar-refractivity contribution in [3.63, 3.8) is 0 Å². The Balaban J connectivity index is 1.63. The van der Waals surface area contributed by atoms with E-state index in [1.807, 2.05) is 53.1 Å². The first-order valence-corrected chi connectivity index (χ1v) is 13.8. The van der Waals surface area contributed by atoms with Gasteiger partial charge in [-0.05, 0) is 69.7 Å². The molecule has 1 unspecified atom stereocenters. The maximum atomic E-state index is 14.0. The van der Waals surface area contributed by atoms with E-state index < -0.39 is 0 Å². The first-order chi connectivity index (χ1) is 18.5. The number of ether oxygens (including phenoxy) is 3. The molecule has 3 aromatic carbocycles. The van der Waals surface area contributed by atoms with Gasteiger partial charge in [-0.2, -0.15) is 0 Å². The Morgan fingerprint density at radius 1 is 0.974 bits per heavy atom. The number of thiazole rings is 1. The maximum absolute atomic E-state index is 14.0. The molecule has 0 saturated carbocycles. The van der Waals surface area contributed by atoms with E-state index >= 15 is 0 Å². The van der Waals surface area contributed by atoms with Gasteiger partial charge in [-0.1, -0.05) is 53.8 Å². The molecule has 0 amide bonds. The van der Waals surface area contributed by atoms with E-state index in [2.05, 4.69) is 34.1 Å². The van der Waals surface area contributed by atoms with Gasteiger partial charge in [0.1, 0.15) is 5.75 Å². The average molecular weight is 590 g/mol. The van der Waals surface area contributed by atoms with Gasteiger partial charge < -0.3 is 14.2 Å². The largest absolute Gasteiger partial charge is 0.496 e. The highest BCUT2D eigenvalue weighted by molar-refractivity contribution is 9.10. The van der Waals surface area contributed by atoms with E-state index in [0.29, 0.717) is 20.8 Å². The van der Waals surface area contributed by atoms with Crippen molar-refractivity contribution in [3.05, 3.63) is 113 Å². The van der Waals surface area contributed by atoms with Crippen LogP contribution >= 0.6 is 27.3 Å². The molecule has 1 aliphatic heterocycles. The standard InChI is InChI=1S/C30H25BrN2O4S/c1-35-23-14-11-17(15-22(23)31)16-25-29(34)33-27(21-9-6-10-24(36-2)28(21)37-3)20-13-12-18-7-4-5-8-19(18)26(20)32-30(33)38-25/h4-11,14-16,27H,12-13H2,1-3H3. The summed E-state index contributed by atoms with van der Waals surface area (Å²) in [7, 11) is 4.89. The van der Waals surface area contributed by atoms with E-state index in [1.54, 1.807) is 21.3 Å². The van der Waals surface area contributed by atoms with Gasteiger partial charge in [0.25, 0.3) is 5.56 Å².